The van der Waals surface area contributed by atoms with Crippen LogP contribution in [0.2, 0.25) is 0 Å². The number of methoxy groups -OCH3 is 2. The normalized spacial score (nSPS) is 11.0. The molecule has 0 aliphatic heterocycles. The number of hydrogen-bond donors (Lipinski definition) is 1. The highest BCUT2D eigenvalue weighted by molar-refractivity contribution is 6.11. The molecule has 0 fully saturated rings. The fourth-order valence-corrected chi connectivity index (χ4v) is 3.08. The van der Waals surface area contributed by atoms with Crippen LogP contribution in [-0.4, -0.2) is 19.3 Å². The largest absolute Gasteiger partial charge is 0.508 e. The summed E-state index contributed by atoms with van der Waals surface area (Å²) in [6, 6.07) is 16.7. The molecule has 0 bridgehead atoms. The molecule has 0 saturated heterocycles. The second kappa shape index (κ2) is 6.52. The molecule has 3 aromatic carbocycles. The quantitative estimate of drug-likeness (QED) is 0.555. The van der Waals surface area contributed by atoms with E-state index in [1.54, 1.807) is 13.2 Å². The number of hydrogen-bond acceptors (Lipinski definition) is 5. The van der Waals surface area contributed by atoms with E-state index in [1.165, 1.54) is 13.2 Å². The van der Waals surface area contributed by atoms with Crippen molar-refractivity contribution in [2.24, 2.45) is 0 Å². The maximum absolute atomic E-state index is 10.0. The first kappa shape index (κ1) is 16.1. The zero-order valence-electron chi connectivity index (χ0n) is 14.5. The van der Waals surface area contributed by atoms with E-state index in [9.17, 15) is 5.11 Å². The van der Waals surface area contributed by atoms with E-state index in [0.29, 0.717) is 40.4 Å². The van der Waals surface area contributed by atoms with Crippen molar-refractivity contribution in [1.29, 1.82) is 0 Å². The molecule has 0 unspecified atom stereocenters. The van der Waals surface area contributed by atoms with Crippen LogP contribution in [0.1, 0.15) is 5.56 Å². The molecule has 5 nitrogen and oxygen atoms in total. The Morgan fingerprint density at radius 3 is 2.46 bits per heavy atom. The molecule has 26 heavy (non-hydrogen) atoms. The Balaban J connectivity index is 1.85. The standard InChI is InChI=1S/C21H18O5/c1-23-18-11-14(22)10-15-19-16(26-20(15)18)8-9-17(21(19)24-2)25-12-13-6-4-3-5-7-13/h3-11,22H,12H2,1-2H3. The minimum atomic E-state index is 0.0923. The van der Waals surface area contributed by atoms with Gasteiger partial charge in [-0.1, -0.05) is 30.3 Å². The minimum Gasteiger partial charge on any atom is -0.508 e. The van der Waals surface area contributed by atoms with Crippen LogP contribution in [0.4, 0.5) is 0 Å². The van der Waals surface area contributed by atoms with E-state index >= 15 is 0 Å². The summed E-state index contributed by atoms with van der Waals surface area (Å²) >= 11 is 0. The summed E-state index contributed by atoms with van der Waals surface area (Å²) in [5.74, 6) is 1.72. The second-order valence-electron chi connectivity index (χ2n) is 5.87. The van der Waals surface area contributed by atoms with Crippen LogP contribution in [0.3, 0.4) is 0 Å². The van der Waals surface area contributed by atoms with E-state index < -0.39 is 0 Å². The van der Waals surface area contributed by atoms with Gasteiger partial charge in [-0.2, -0.15) is 0 Å². The Morgan fingerprint density at radius 2 is 1.73 bits per heavy atom. The molecule has 4 aromatic rings. The van der Waals surface area contributed by atoms with Crippen molar-refractivity contribution in [3.05, 3.63) is 60.2 Å². The second-order valence-corrected chi connectivity index (χ2v) is 5.87. The fraction of sp³-hybridized carbons (Fsp3) is 0.143. The SMILES string of the molecule is COc1cc(O)cc2c1oc1ccc(OCc3ccccc3)c(OC)c12. The van der Waals surface area contributed by atoms with Gasteiger partial charge in [-0.25, -0.2) is 0 Å². The van der Waals surface area contributed by atoms with Gasteiger partial charge >= 0.3 is 0 Å². The molecule has 1 N–H and O–H groups in total. The summed E-state index contributed by atoms with van der Waals surface area (Å²) in [5.41, 5.74) is 2.25. The third-order valence-electron chi connectivity index (χ3n) is 4.27. The number of phenols is 1. The summed E-state index contributed by atoms with van der Waals surface area (Å²) in [7, 11) is 3.12. The van der Waals surface area contributed by atoms with E-state index in [4.69, 9.17) is 18.6 Å². The van der Waals surface area contributed by atoms with Gasteiger partial charge in [0.15, 0.2) is 22.8 Å². The monoisotopic (exact) mass is 350 g/mol. The topological polar surface area (TPSA) is 61.1 Å². The predicted octanol–water partition coefficient (Wildman–Crippen LogP) is 4.89. The lowest BCUT2D eigenvalue weighted by atomic mass is 10.1. The lowest BCUT2D eigenvalue weighted by Crippen LogP contribution is -1.97. The molecule has 1 aromatic heterocycles. The Hall–Kier alpha value is -3.34. The smallest absolute Gasteiger partial charge is 0.177 e. The Kier molecular flexibility index (Phi) is 4.05. The summed E-state index contributed by atoms with van der Waals surface area (Å²) in [6.45, 7) is 0.424. The van der Waals surface area contributed by atoms with E-state index in [-0.39, 0.29) is 5.75 Å². The fourth-order valence-electron chi connectivity index (χ4n) is 3.08. The summed E-state index contributed by atoms with van der Waals surface area (Å²) in [4.78, 5) is 0. The molecule has 0 atom stereocenters. The molecule has 0 amide bonds. The van der Waals surface area contributed by atoms with E-state index in [1.807, 2.05) is 42.5 Å². The van der Waals surface area contributed by atoms with Crippen molar-refractivity contribution in [2.75, 3.05) is 14.2 Å². The lowest BCUT2D eigenvalue weighted by molar-refractivity contribution is 0.286. The van der Waals surface area contributed by atoms with Gasteiger partial charge in [-0.15, -0.1) is 0 Å². The van der Waals surface area contributed by atoms with Gasteiger partial charge in [-0.3, -0.25) is 0 Å². The Morgan fingerprint density at radius 1 is 0.923 bits per heavy atom. The highest BCUT2D eigenvalue weighted by atomic mass is 16.5. The zero-order valence-corrected chi connectivity index (χ0v) is 14.5. The van der Waals surface area contributed by atoms with Crippen LogP contribution in [-0.2, 0) is 6.61 Å². The van der Waals surface area contributed by atoms with Gasteiger partial charge in [0.25, 0.3) is 0 Å². The van der Waals surface area contributed by atoms with Gasteiger partial charge < -0.3 is 23.7 Å². The molecule has 4 rings (SSSR count). The number of benzene rings is 3. The average Bonchev–Trinajstić information content (AvgIpc) is 3.04. The Labute approximate surface area is 150 Å². The van der Waals surface area contributed by atoms with Crippen molar-refractivity contribution in [3.8, 4) is 23.0 Å². The number of furan rings is 1. The number of rotatable bonds is 5. The molecule has 5 heteroatoms. The van der Waals surface area contributed by atoms with Crippen LogP contribution < -0.4 is 14.2 Å². The molecule has 0 radical (unpaired) electrons. The van der Waals surface area contributed by atoms with Crippen LogP contribution in [0.15, 0.2) is 59.0 Å². The number of fused-ring (bicyclic) bond motifs is 3. The molecular weight excluding hydrogens is 332 g/mol. The highest BCUT2D eigenvalue weighted by Crippen LogP contribution is 2.45. The number of aromatic hydroxyl groups is 1. The van der Waals surface area contributed by atoms with Crippen molar-refractivity contribution in [2.45, 2.75) is 6.61 Å². The molecule has 0 saturated carbocycles. The number of ether oxygens (including phenoxy) is 3. The molecular formula is C21H18O5. The van der Waals surface area contributed by atoms with Gasteiger partial charge in [0.2, 0.25) is 0 Å². The van der Waals surface area contributed by atoms with Crippen molar-refractivity contribution >= 4 is 21.9 Å². The zero-order chi connectivity index (χ0) is 18.1. The van der Waals surface area contributed by atoms with Gasteiger partial charge in [0.05, 0.1) is 19.6 Å². The molecule has 132 valence electrons. The Bertz CT molecular complexity index is 1070. The van der Waals surface area contributed by atoms with Gasteiger partial charge in [0, 0.05) is 11.5 Å². The van der Waals surface area contributed by atoms with Gasteiger partial charge in [0.1, 0.15) is 17.9 Å². The van der Waals surface area contributed by atoms with Gasteiger partial charge in [-0.05, 0) is 23.8 Å². The molecule has 0 spiro atoms. The highest BCUT2D eigenvalue weighted by Gasteiger charge is 2.20. The van der Waals surface area contributed by atoms with Crippen molar-refractivity contribution < 1.29 is 23.7 Å². The first-order valence-corrected chi connectivity index (χ1v) is 8.18. The van der Waals surface area contributed by atoms with Crippen LogP contribution >= 0.6 is 0 Å². The first-order valence-electron chi connectivity index (χ1n) is 8.18. The van der Waals surface area contributed by atoms with Crippen LogP contribution in [0.5, 0.6) is 23.0 Å². The minimum absolute atomic E-state index is 0.0923. The molecule has 0 aliphatic carbocycles. The summed E-state index contributed by atoms with van der Waals surface area (Å²) < 4.78 is 22.8. The summed E-state index contributed by atoms with van der Waals surface area (Å²) in [5, 5.41) is 11.5. The predicted molar refractivity (Wildman–Crippen MR) is 99.3 cm³/mol. The van der Waals surface area contributed by atoms with Crippen LogP contribution in [0, 0.1) is 0 Å². The summed E-state index contributed by atoms with van der Waals surface area (Å²) in [6.07, 6.45) is 0. The van der Waals surface area contributed by atoms with Crippen molar-refractivity contribution in [3.63, 3.8) is 0 Å². The van der Waals surface area contributed by atoms with Crippen molar-refractivity contribution in [1.82, 2.24) is 0 Å². The first-order chi connectivity index (χ1) is 12.7. The molecule has 1 heterocycles. The molecule has 0 aliphatic rings. The third-order valence-corrected chi connectivity index (χ3v) is 4.27. The van der Waals surface area contributed by atoms with Crippen LogP contribution in [0.25, 0.3) is 21.9 Å². The lowest BCUT2D eigenvalue weighted by Gasteiger charge is -2.11. The third kappa shape index (κ3) is 2.67. The van der Waals surface area contributed by atoms with E-state index in [0.717, 1.165) is 10.9 Å². The maximum atomic E-state index is 10.0. The van der Waals surface area contributed by atoms with E-state index in [2.05, 4.69) is 0 Å². The number of phenolic OH excluding ortho intramolecular Hbond substituents is 1. The maximum Gasteiger partial charge on any atom is 0.177 e. The average molecular weight is 350 g/mol.